The fourth-order valence-corrected chi connectivity index (χ4v) is 6.56. The summed E-state index contributed by atoms with van der Waals surface area (Å²) in [6.07, 6.45) is 1.79. The molecule has 0 saturated carbocycles. The van der Waals surface area contributed by atoms with E-state index in [9.17, 15) is 28.8 Å². The first kappa shape index (κ1) is 41.1. The predicted molar refractivity (Wildman–Crippen MR) is 212 cm³/mol. The second kappa shape index (κ2) is 18.1. The normalized spacial score (nSPS) is 13.2. The molecule has 0 radical (unpaired) electrons. The van der Waals surface area contributed by atoms with E-state index in [4.69, 9.17) is 23.8 Å². The van der Waals surface area contributed by atoms with Gasteiger partial charge in [-0.25, -0.2) is 9.78 Å². The number of carbonyl (C=O) groups is 6. The maximum absolute atomic E-state index is 13.2. The van der Waals surface area contributed by atoms with Crippen molar-refractivity contribution in [3.63, 3.8) is 0 Å². The molecule has 1 aromatic heterocycles. The lowest BCUT2D eigenvalue weighted by molar-refractivity contribution is -0.168. The average Bonchev–Trinajstić information content (AvgIpc) is 3.65. The van der Waals surface area contributed by atoms with Crippen LogP contribution < -0.4 is 24.3 Å². The first-order valence-corrected chi connectivity index (χ1v) is 18.3. The number of ether oxygens (including phenoxy) is 4. The zero-order chi connectivity index (χ0) is 42.2. The summed E-state index contributed by atoms with van der Waals surface area (Å²) in [6, 6.07) is 26.1. The Morgan fingerprint density at radius 3 is 1.71 bits per heavy atom. The molecular weight excluding hydrogens is 761 g/mol. The fourth-order valence-electron chi connectivity index (χ4n) is 6.56. The molecule has 1 atom stereocenters. The van der Waals surface area contributed by atoms with E-state index in [1.165, 1.54) is 40.6 Å². The van der Waals surface area contributed by atoms with Crippen molar-refractivity contribution in [2.75, 3.05) is 33.8 Å². The summed E-state index contributed by atoms with van der Waals surface area (Å²) in [6.45, 7) is 1.83. The van der Waals surface area contributed by atoms with Gasteiger partial charge in [-0.1, -0.05) is 47.5 Å². The van der Waals surface area contributed by atoms with E-state index in [-0.39, 0.29) is 29.9 Å². The number of amides is 5. The molecule has 1 N–H and O–H groups in total. The van der Waals surface area contributed by atoms with E-state index in [0.29, 0.717) is 57.0 Å². The van der Waals surface area contributed by atoms with Crippen LogP contribution in [0, 0.1) is 6.92 Å². The monoisotopic (exact) mass is 800 g/mol. The molecule has 5 aromatic rings. The number of rotatable bonds is 13. The number of fused-ring (bicyclic) bond motifs is 2. The highest BCUT2D eigenvalue weighted by Gasteiger charge is 2.42. The Bertz CT molecular complexity index is 2380. The van der Waals surface area contributed by atoms with Crippen molar-refractivity contribution in [3.05, 3.63) is 142 Å². The lowest BCUT2D eigenvalue weighted by Gasteiger charge is -2.27. The standard InChI is InChI=1S/C25H23N3O5.C19H17NO6/c1-15-7-6-12-26-23(15)27-22(29)14-19(16-10-11-20(32-2)21(13-16)33-3)28-24(30)17-8-4-5-9-18(17)25(28)31;1-24-15-9-7-12(11-16(15)25-2)8-10-17(21)26-20-18(22)13-5-3-4-6-14(13)19(20)23/h4-13,19H,14H2,1-3H3,(H,26,27,29);3-7,9,11H,8,10H2,1-2H3. The lowest BCUT2D eigenvalue weighted by Crippen LogP contribution is -2.36. The average molecular weight is 801 g/mol. The minimum absolute atomic E-state index is 0.00287. The SMILES string of the molecule is COc1ccc(C(CC(=O)Nc2ncccc2C)N2C(=O)c3ccccc3C2=O)cc1OC.COc1ccc(CCC(=O)ON2C(=O)c3ccccc3C2=O)cc1OC. The van der Waals surface area contributed by atoms with Gasteiger partial charge in [0.05, 0.1) is 69.6 Å². The second-order valence-electron chi connectivity index (χ2n) is 13.2. The highest BCUT2D eigenvalue weighted by Crippen LogP contribution is 2.38. The number of carbonyl (C=O) groups excluding carboxylic acids is 6. The Balaban J connectivity index is 0.000000204. The van der Waals surface area contributed by atoms with Crippen LogP contribution in [-0.2, 0) is 20.8 Å². The Labute approximate surface area is 339 Å². The first-order valence-electron chi connectivity index (χ1n) is 18.3. The molecule has 1 unspecified atom stereocenters. The molecule has 2 aliphatic rings. The van der Waals surface area contributed by atoms with Gasteiger partial charge in [-0.05, 0) is 84.6 Å². The van der Waals surface area contributed by atoms with Gasteiger partial charge in [0.1, 0.15) is 5.82 Å². The molecule has 5 amide bonds. The third-order valence-corrected chi connectivity index (χ3v) is 9.59. The number of hydroxylamine groups is 2. The first-order chi connectivity index (χ1) is 28.5. The number of hydrogen-bond donors (Lipinski definition) is 1. The third-order valence-electron chi connectivity index (χ3n) is 9.59. The molecule has 0 aliphatic carbocycles. The topological polar surface area (TPSA) is 180 Å². The van der Waals surface area contributed by atoms with Crippen molar-refractivity contribution < 1.29 is 52.6 Å². The van der Waals surface area contributed by atoms with Crippen LogP contribution in [-0.4, -0.2) is 78.9 Å². The number of nitrogens with zero attached hydrogens (tertiary/aromatic N) is 3. The molecule has 0 bridgehead atoms. The Morgan fingerprint density at radius 2 is 1.17 bits per heavy atom. The quantitative estimate of drug-likeness (QED) is 0.134. The van der Waals surface area contributed by atoms with Crippen LogP contribution in [0.5, 0.6) is 23.0 Å². The number of imide groups is 2. The number of methoxy groups -OCH3 is 4. The predicted octanol–water partition coefficient (Wildman–Crippen LogP) is 6.16. The molecule has 59 heavy (non-hydrogen) atoms. The smallest absolute Gasteiger partial charge is 0.333 e. The zero-order valence-electron chi connectivity index (χ0n) is 32.8. The molecule has 0 saturated heterocycles. The highest BCUT2D eigenvalue weighted by molar-refractivity contribution is 6.22. The number of benzene rings is 4. The number of aromatic nitrogens is 1. The summed E-state index contributed by atoms with van der Waals surface area (Å²) < 4.78 is 21.1. The van der Waals surface area contributed by atoms with Crippen LogP contribution in [0.1, 0.15) is 77.0 Å². The summed E-state index contributed by atoms with van der Waals surface area (Å²) in [5, 5.41) is 3.30. The molecule has 2 aliphatic heterocycles. The van der Waals surface area contributed by atoms with Gasteiger partial charge in [0, 0.05) is 6.20 Å². The van der Waals surface area contributed by atoms with Crippen LogP contribution in [0.2, 0.25) is 0 Å². The maximum atomic E-state index is 13.2. The third kappa shape index (κ3) is 8.73. The van der Waals surface area contributed by atoms with Crippen LogP contribution in [0.3, 0.4) is 0 Å². The molecule has 7 rings (SSSR count). The number of hydrogen-bond acceptors (Lipinski definition) is 12. The van der Waals surface area contributed by atoms with Crippen molar-refractivity contribution in [1.82, 2.24) is 14.9 Å². The van der Waals surface area contributed by atoms with Crippen LogP contribution >= 0.6 is 0 Å². The molecule has 0 spiro atoms. The number of aryl methyl sites for hydroxylation is 2. The summed E-state index contributed by atoms with van der Waals surface area (Å²) in [5.41, 5.74) is 3.28. The molecule has 0 fully saturated rings. The van der Waals surface area contributed by atoms with Gasteiger partial charge in [0.25, 0.3) is 23.6 Å². The van der Waals surface area contributed by atoms with Gasteiger partial charge in [0.15, 0.2) is 23.0 Å². The van der Waals surface area contributed by atoms with E-state index in [2.05, 4.69) is 10.3 Å². The van der Waals surface area contributed by atoms with E-state index < -0.39 is 35.6 Å². The molecule has 302 valence electrons. The summed E-state index contributed by atoms with van der Waals surface area (Å²) >= 11 is 0. The molecule has 4 aromatic carbocycles. The Kier molecular flexibility index (Phi) is 12.6. The van der Waals surface area contributed by atoms with E-state index in [1.54, 1.807) is 85.1 Å². The Hall–Kier alpha value is -7.55. The number of pyridine rings is 1. The molecular formula is C44H40N4O11. The molecule has 15 heteroatoms. The summed E-state index contributed by atoms with van der Waals surface area (Å²) in [7, 11) is 6.08. The van der Waals surface area contributed by atoms with Gasteiger partial charge < -0.3 is 29.1 Å². The molecule has 3 heterocycles. The van der Waals surface area contributed by atoms with Crippen molar-refractivity contribution in [1.29, 1.82) is 0 Å². The van der Waals surface area contributed by atoms with Gasteiger partial charge in [-0.15, -0.1) is 0 Å². The molecule has 15 nitrogen and oxygen atoms in total. The van der Waals surface area contributed by atoms with Crippen molar-refractivity contribution >= 4 is 41.3 Å². The van der Waals surface area contributed by atoms with Crippen LogP contribution in [0.25, 0.3) is 0 Å². The van der Waals surface area contributed by atoms with Crippen LogP contribution in [0.15, 0.2) is 103 Å². The van der Waals surface area contributed by atoms with E-state index >= 15 is 0 Å². The summed E-state index contributed by atoms with van der Waals surface area (Å²) in [4.78, 5) is 86.1. The Morgan fingerprint density at radius 1 is 0.644 bits per heavy atom. The van der Waals surface area contributed by atoms with E-state index in [0.717, 1.165) is 16.0 Å². The lowest BCUT2D eigenvalue weighted by atomic mass is 10.0. The van der Waals surface area contributed by atoms with Crippen molar-refractivity contribution in [2.45, 2.75) is 32.2 Å². The van der Waals surface area contributed by atoms with E-state index in [1.807, 2.05) is 13.0 Å². The largest absolute Gasteiger partial charge is 0.493 e. The minimum Gasteiger partial charge on any atom is -0.493 e. The highest BCUT2D eigenvalue weighted by atomic mass is 16.7. The van der Waals surface area contributed by atoms with Gasteiger partial charge in [-0.2, -0.15) is 0 Å². The maximum Gasteiger partial charge on any atom is 0.333 e. The second-order valence-corrected chi connectivity index (χ2v) is 13.2. The number of anilines is 1. The fraction of sp³-hybridized carbons (Fsp3) is 0.205. The van der Waals surface area contributed by atoms with Crippen molar-refractivity contribution in [3.8, 4) is 23.0 Å². The van der Waals surface area contributed by atoms with Gasteiger partial charge >= 0.3 is 5.97 Å². The van der Waals surface area contributed by atoms with Gasteiger partial charge in [0.2, 0.25) is 5.91 Å². The minimum atomic E-state index is -0.860. The van der Waals surface area contributed by atoms with Gasteiger partial charge in [-0.3, -0.25) is 28.9 Å². The zero-order valence-corrected chi connectivity index (χ0v) is 32.8. The number of nitrogens with one attached hydrogen (secondary N) is 1. The summed E-state index contributed by atoms with van der Waals surface area (Å²) in [5.74, 6) is -0.722. The van der Waals surface area contributed by atoms with Crippen molar-refractivity contribution in [2.24, 2.45) is 0 Å². The van der Waals surface area contributed by atoms with Crippen LogP contribution in [0.4, 0.5) is 5.82 Å².